The van der Waals surface area contributed by atoms with Crippen molar-refractivity contribution in [2.75, 3.05) is 9.80 Å². The van der Waals surface area contributed by atoms with Gasteiger partial charge in [-0.15, -0.1) is 13.8 Å². The van der Waals surface area contributed by atoms with E-state index in [-0.39, 0.29) is 40.8 Å². The third-order valence-electron chi connectivity index (χ3n) is 6.14. The van der Waals surface area contributed by atoms with Crippen LogP contribution in [0.15, 0.2) is 97.1 Å². The number of hydrogen-bond donors (Lipinski definition) is 0. The van der Waals surface area contributed by atoms with Crippen LogP contribution in [0.1, 0.15) is 22.3 Å². The van der Waals surface area contributed by atoms with E-state index in [1.54, 1.807) is 0 Å². The Hall–Kier alpha value is -4.98. The summed E-state index contributed by atoms with van der Waals surface area (Å²) >= 11 is 0. The molecule has 0 fully saturated rings. The molecular formula is C34H28N2Re2Rf2-4. The van der Waals surface area contributed by atoms with Crippen molar-refractivity contribution >= 4 is 34.1 Å². The third-order valence-corrected chi connectivity index (χ3v) is 6.14. The molecule has 5 aromatic rings. The Morgan fingerprint density at radius 2 is 0.600 bits per heavy atom. The zero-order chi connectivity index (χ0) is 25.1. The minimum absolute atomic E-state index is 0. The molecule has 0 N–H and O–H groups in total. The summed E-state index contributed by atoms with van der Waals surface area (Å²) in [4.78, 5) is 4.37. The fraction of sp³-hybridized carbons (Fsp3) is 0.118. The molecule has 0 heterocycles. The Balaban J connectivity index is 0.00000200. The number of nitrogens with zero attached hydrogens (tertiary/aromatic N) is 2. The molecule has 40 heavy (non-hydrogen) atoms. The first-order valence-corrected chi connectivity index (χ1v) is 12.1. The van der Waals surface area contributed by atoms with Crippen molar-refractivity contribution in [2.24, 2.45) is 0 Å². The van der Waals surface area contributed by atoms with Crippen molar-refractivity contribution in [3.8, 4) is 0 Å². The van der Waals surface area contributed by atoms with E-state index in [2.05, 4.69) is 135 Å². The van der Waals surface area contributed by atoms with Crippen LogP contribution in [-0.2, 0) is 40.8 Å². The van der Waals surface area contributed by atoms with Crippen LogP contribution in [0, 0.1) is 52.0 Å². The molecule has 0 unspecified atom stereocenters. The topological polar surface area (TPSA) is 6.48 Å². The van der Waals surface area contributed by atoms with Crippen LogP contribution in [0.4, 0.5) is 34.1 Å². The first kappa shape index (κ1) is 33.1. The van der Waals surface area contributed by atoms with E-state index in [1.807, 2.05) is 24.3 Å². The van der Waals surface area contributed by atoms with Gasteiger partial charge in [0, 0.05) is 63.6 Å². The summed E-state index contributed by atoms with van der Waals surface area (Å²) in [5.41, 5.74) is 10.7. The molecule has 0 saturated heterocycles. The van der Waals surface area contributed by atoms with Crippen LogP contribution in [0.2, 0.25) is 0 Å². The van der Waals surface area contributed by atoms with Crippen LogP contribution in [0.3, 0.4) is 0 Å². The van der Waals surface area contributed by atoms with Gasteiger partial charge in [-0.2, -0.15) is 11.4 Å². The summed E-state index contributed by atoms with van der Waals surface area (Å²) in [7, 11) is 0. The number of aryl methyl sites for hydroxylation is 4. The molecule has 0 bridgehead atoms. The van der Waals surface area contributed by atoms with Gasteiger partial charge in [-0.05, 0) is 62.4 Å². The summed E-state index contributed by atoms with van der Waals surface area (Å²) < 4.78 is 0. The van der Waals surface area contributed by atoms with Crippen molar-refractivity contribution in [3.63, 3.8) is 0 Å². The van der Waals surface area contributed by atoms with E-state index < -0.39 is 0 Å². The average Bonchev–Trinajstić information content (AvgIpc) is 2.90. The molecule has 0 aliphatic carbocycles. The van der Waals surface area contributed by atoms with Crippen molar-refractivity contribution in [2.45, 2.75) is 27.7 Å². The molecular weight excluding hydrogens is 1340 g/mol. The Bertz CT molecular complexity index is 1230. The number of anilines is 6. The van der Waals surface area contributed by atoms with Crippen molar-refractivity contribution < 1.29 is 40.8 Å². The Morgan fingerprint density at radius 3 is 0.850 bits per heavy atom. The largest absolute Gasteiger partial charge is 0.358 e. The first-order valence-electron chi connectivity index (χ1n) is 12.1. The van der Waals surface area contributed by atoms with Crippen molar-refractivity contribution in [1.29, 1.82) is 0 Å². The van der Waals surface area contributed by atoms with Gasteiger partial charge in [0.1, 0.15) is 0 Å². The second-order valence-electron chi connectivity index (χ2n) is 9.20. The summed E-state index contributed by atoms with van der Waals surface area (Å²) in [5, 5.41) is 0. The molecule has 0 amide bonds. The predicted molar refractivity (Wildman–Crippen MR) is 150 cm³/mol. The van der Waals surface area contributed by atoms with E-state index in [0.29, 0.717) is 0 Å². The maximum absolute atomic E-state index is 3.40. The molecule has 5 aromatic carbocycles. The van der Waals surface area contributed by atoms with Gasteiger partial charge in [0.25, 0.3) is 0 Å². The van der Waals surface area contributed by atoms with E-state index in [0.717, 1.165) is 45.3 Å². The molecule has 196 valence electrons. The maximum Gasteiger partial charge on any atom is 0.0421 e. The molecule has 0 spiro atoms. The molecule has 2 radical (unpaired) electrons. The van der Waals surface area contributed by atoms with E-state index in [4.69, 9.17) is 0 Å². The van der Waals surface area contributed by atoms with E-state index >= 15 is 0 Å². The molecule has 0 aliphatic heterocycles. The van der Waals surface area contributed by atoms with Crippen LogP contribution in [0.25, 0.3) is 0 Å². The minimum Gasteiger partial charge on any atom is -0.358 e. The summed E-state index contributed by atoms with van der Waals surface area (Å²) in [5.74, 6) is 0. The first-order chi connectivity index (χ1) is 17.5. The molecule has 2 nitrogen and oxygen atoms in total. The van der Waals surface area contributed by atoms with Gasteiger partial charge in [-0.1, -0.05) is 35.4 Å². The van der Waals surface area contributed by atoms with Crippen LogP contribution in [-0.4, -0.2) is 0 Å². The Morgan fingerprint density at radius 1 is 0.375 bits per heavy atom. The number of benzene rings is 5. The van der Waals surface area contributed by atoms with E-state index in [9.17, 15) is 0 Å². The van der Waals surface area contributed by atoms with Gasteiger partial charge in [-0.25, -0.2) is 0 Å². The fourth-order valence-electron chi connectivity index (χ4n) is 4.11. The summed E-state index contributed by atoms with van der Waals surface area (Å²) in [6.45, 7) is 8.32. The van der Waals surface area contributed by atoms with Gasteiger partial charge in [0.2, 0.25) is 0 Å². The van der Waals surface area contributed by atoms with Crippen LogP contribution in [0.5, 0.6) is 0 Å². The molecule has 0 atom stereocenters. The quantitative estimate of drug-likeness (QED) is 0.157. The normalized spacial score (nSPS) is 9.70. The second kappa shape index (κ2) is 14.3. The van der Waals surface area contributed by atoms with Crippen LogP contribution < -0.4 is 9.80 Å². The minimum atomic E-state index is 0. The van der Waals surface area contributed by atoms with Gasteiger partial charge in [0.05, 0.1) is 0 Å². The molecule has 0 aliphatic rings. The van der Waals surface area contributed by atoms with Gasteiger partial charge in [0.15, 0.2) is 0 Å². The van der Waals surface area contributed by atoms with E-state index in [1.165, 1.54) is 11.1 Å². The third kappa shape index (κ3) is 7.11. The number of rotatable bonds is 6. The molecule has 6 heteroatoms. The fourth-order valence-corrected chi connectivity index (χ4v) is 4.11. The Labute approximate surface area is 254 Å². The van der Waals surface area contributed by atoms with Gasteiger partial charge < -0.3 is 34.1 Å². The van der Waals surface area contributed by atoms with Crippen molar-refractivity contribution in [1.82, 2.24) is 0 Å². The van der Waals surface area contributed by atoms with Crippen LogP contribution >= 0.6 is 0 Å². The van der Waals surface area contributed by atoms with Gasteiger partial charge >= 0.3 is 0 Å². The molecule has 0 saturated carbocycles. The predicted octanol–water partition coefficient (Wildman–Crippen LogP) is 9.06. The average molecular weight is 1370 g/mol. The smallest absolute Gasteiger partial charge is 0.0421 e. The summed E-state index contributed by atoms with van der Waals surface area (Å²) in [6.07, 6.45) is 0. The van der Waals surface area contributed by atoms with Gasteiger partial charge in [-0.3, -0.25) is 35.4 Å². The molecule has 0 aromatic heterocycles. The second-order valence-corrected chi connectivity index (χ2v) is 9.20. The monoisotopic (exact) mass is 1370 g/mol. The van der Waals surface area contributed by atoms with Crippen molar-refractivity contribution in [3.05, 3.63) is 144 Å². The Kier molecular flexibility index (Phi) is 11.8. The SMILES string of the molecule is Cc1c[c-]c(N(c2ccc(C)cc2)c2ccc(N(c3[c-]cc(C)c[c-]3)c3ccc(C)cc3)cc2)[c-]c1.[Re].[Re].[Rf].[Rf]. The zero-order valence-corrected chi connectivity index (χ0v) is 41.5. The number of hydrogen-bond acceptors (Lipinski definition) is 2. The zero-order valence-electron chi connectivity index (χ0n) is 23.3. The maximum atomic E-state index is 3.40. The summed E-state index contributed by atoms with van der Waals surface area (Å²) in [6, 6.07) is 47.3. The molecule has 5 rings (SSSR count). The standard InChI is InChI=1S/C34H28N2.2Re.2Rf/c1-25-5-13-29(14-6-25)35(30-15-7-26(2)8-16-30)33-21-23-34(24-22-33)36(31-17-9-27(3)10-18-31)32-19-11-28(4)12-20-32;;;;/h5-14,17-18,21-24H,1-4H3;;;;/q-4;;;;.